The van der Waals surface area contributed by atoms with Crippen molar-refractivity contribution < 1.29 is 14.7 Å². The highest BCUT2D eigenvalue weighted by Gasteiger charge is 2.27. The van der Waals surface area contributed by atoms with Crippen molar-refractivity contribution in [3.8, 4) is 0 Å². The van der Waals surface area contributed by atoms with E-state index < -0.39 is 11.9 Å². The number of rotatable bonds is 5. The molecule has 2 aliphatic heterocycles. The first-order chi connectivity index (χ1) is 13.1. The van der Waals surface area contributed by atoms with Gasteiger partial charge in [-0.25, -0.2) is 4.79 Å². The van der Waals surface area contributed by atoms with E-state index in [0.717, 1.165) is 18.5 Å². The third kappa shape index (κ3) is 5.96. The van der Waals surface area contributed by atoms with Crippen molar-refractivity contribution in [2.24, 2.45) is 5.92 Å². The van der Waals surface area contributed by atoms with Gasteiger partial charge in [0.1, 0.15) is 0 Å². The lowest BCUT2D eigenvalue weighted by molar-refractivity contribution is -0.143. The number of carbonyl (C=O) groups excluding carboxylic acids is 1. The monoisotopic (exact) mass is 373 g/mol. The maximum atomic E-state index is 12.3. The highest BCUT2D eigenvalue weighted by Crippen LogP contribution is 2.17. The van der Waals surface area contributed by atoms with Crippen molar-refractivity contribution in [2.45, 2.75) is 51.6 Å². The van der Waals surface area contributed by atoms with Crippen LogP contribution in [0.5, 0.6) is 0 Å². The molecule has 2 amide bonds. The lowest BCUT2D eigenvalue weighted by Gasteiger charge is -2.30. The van der Waals surface area contributed by atoms with Crippen LogP contribution in [0.1, 0.15) is 49.7 Å². The Morgan fingerprint density at radius 3 is 2.30 bits per heavy atom. The van der Waals surface area contributed by atoms with Gasteiger partial charge in [0, 0.05) is 26.2 Å². The number of carboxylic acids is 1. The van der Waals surface area contributed by atoms with Gasteiger partial charge in [-0.15, -0.1) is 0 Å². The summed E-state index contributed by atoms with van der Waals surface area (Å²) in [6, 6.07) is 8.27. The second kappa shape index (κ2) is 9.74. The van der Waals surface area contributed by atoms with E-state index in [1.165, 1.54) is 44.3 Å². The van der Waals surface area contributed by atoms with Gasteiger partial charge in [-0.2, -0.15) is 0 Å². The standard InChI is InChI=1S/C21H31N3O3/c25-20(26)19-6-5-13-24(16-19)21(27)22-14-17-7-9-18(10-8-17)15-23-11-3-1-2-4-12-23/h7-10,19H,1-6,11-16H2,(H,22,27)(H,25,26). The number of carboxylic acid groups (broad SMARTS) is 1. The fourth-order valence-electron chi connectivity index (χ4n) is 3.97. The molecule has 148 valence electrons. The first kappa shape index (κ1) is 19.7. The molecular weight excluding hydrogens is 342 g/mol. The molecule has 2 heterocycles. The average molecular weight is 373 g/mol. The van der Waals surface area contributed by atoms with Crippen LogP contribution in [0, 0.1) is 5.92 Å². The summed E-state index contributed by atoms with van der Waals surface area (Å²) in [5, 5.41) is 12.1. The van der Waals surface area contributed by atoms with Crippen molar-refractivity contribution in [3.63, 3.8) is 0 Å². The third-order valence-electron chi connectivity index (χ3n) is 5.63. The second-order valence-electron chi connectivity index (χ2n) is 7.79. The Labute approximate surface area is 161 Å². The van der Waals surface area contributed by atoms with E-state index in [-0.39, 0.29) is 6.03 Å². The van der Waals surface area contributed by atoms with E-state index in [4.69, 9.17) is 5.11 Å². The summed E-state index contributed by atoms with van der Waals surface area (Å²) < 4.78 is 0. The third-order valence-corrected chi connectivity index (χ3v) is 5.63. The topological polar surface area (TPSA) is 72.9 Å². The van der Waals surface area contributed by atoms with Crippen LogP contribution >= 0.6 is 0 Å². The van der Waals surface area contributed by atoms with Crippen LogP contribution in [0.25, 0.3) is 0 Å². The number of likely N-dealkylation sites (tertiary alicyclic amines) is 2. The molecule has 0 spiro atoms. The number of nitrogens with zero attached hydrogens (tertiary/aromatic N) is 2. The molecule has 6 heteroatoms. The summed E-state index contributed by atoms with van der Waals surface area (Å²) >= 11 is 0. The van der Waals surface area contributed by atoms with Crippen LogP contribution in [0.2, 0.25) is 0 Å². The van der Waals surface area contributed by atoms with Crippen molar-refractivity contribution >= 4 is 12.0 Å². The summed E-state index contributed by atoms with van der Waals surface area (Å²) in [6.07, 6.45) is 6.68. The predicted octanol–water partition coefficient (Wildman–Crippen LogP) is 3.07. The quantitative estimate of drug-likeness (QED) is 0.832. The molecule has 2 aliphatic rings. The Hall–Kier alpha value is -2.08. The van der Waals surface area contributed by atoms with E-state index in [1.807, 2.05) is 0 Å². The molecule has 3 rings (SSSR count). The molecule has 0 aromatic heterocycles. The molecule has 1 aromatic rings. The molecule has 0 aliphatic carbocycles. The summed E-state index contributed by atoms with van der Waals surface area (Å²) in [6.45, 7) is 4.77. The minimum Gasteiger partial charge on any atom is -0.481 e. The van der Waals surface area contributed by atoms with Gasteiger partial charge in [-0.05, 0) is 49.9 Å². The number of hydrogen-bond donors (Lipinski definition) is 2. The number of benzene rings is 1. The van der Waals surface area contributed by atoms with Gasteiger partial charge in [0.2, 0.25) is 0 Å². The summed E-state index contributed by atoms with van der Waals surface area (Å²) in [5.41, 5.74) is 2.38. The second-order valence-corrected chi connectivity index (χ2v) is 7.79. The highest BCUT2D eigenvalue weighted by molar-refractivity contribution is 5.76. The number of amides is 2. The number of nitrogens with one attached hydrogen (secondary N) is 1. The van der Waals surface area contributed by atoms with E-state index in [2.05, 4.69) is 34.5 Å². The van der Waals surface area contributed by atoms with Crippen LogP contribution in [0.3, 0.4) is 0 Å². The SMILES string of the molecule is O=C(O)C1CCCN(C(=O)NCc2ccc(CN3CCCCCC3)cc2)C1. The molecule has 6 nitrogen and oxygen atoms in total. The van der Waals surface area contributed by atoms with Gasteiger partial charge in [-0.1, -0.05) is 37.1 Å². The zero-order valence-electron chi connectivity index (χ0n) is 16.0. The fourth-order valence-corrected chi connectivity index (χ4v) is 3.97. The molecule has 0 bridgehead atoms. The van der Waals surface area contributed by atoms with Gasteiger partial charge < -0.3 is 15.3 Å². The molecule has 2 N–H and O–H groups in total. The largest absolute Gasteiger partial charge is 0.481 e. The number of carbonyl (C=O) groups is 2. The lowest BCUT2D eigenvalue weighted by Crippen LogP contribution is -2.46. The van der Waals surface area contributed by atoms with Crippen molar-refractivity contribution in [2.75, 3.05) is 26.2 Å². The minimum absolute atomic E-state index is 0.172. The Morgan fingerprint density at radius 1 is 0.963 bits per heavy atom. The van der Waals surface area contributed by atoms with Gasteiger partial charge >= 0.3 is 12.0 Å². The average Bonchev–Trinajstić information content (AvgIpc) is 2.96. The Kier molecular flexibility index (Phi) is 7.10. The van der Waals surface area contributed by atoms with E-state index in [9.17, 15) is 9.59 Å². The van der Waals surface area contributed by atoms with Crippen LogP contribution < -0.4 is 5.32 Å². The molecule has 0 radical (unpaired) electrons. The molecule has 1 unspecified atom stereocenters. The van der Waals surface area contributed by atoms with Crippen LogP contribution in [-0.4, -0.2) is 53.1 Å². The molecule has 2 fully saturated rings. The first-order valence-electron chi connectivity index (χ1n) is 10.2. The van der Waals surface area contributed by atoms with Crippen LogP contribution in [0.15, 0.2) is 24.3 Å². The van der Waals surface area contributed by atoms with Gasteiger partial charge in [0.05, 0.1) is 5.92 Å². The summed E-state index contributed by atoms with van der Waals surface area (Å²) in [5.74, 6) is -1.25. The van der Waals surface area contributed by atoms with Gasteiger partial charge in [-0.3, -0.25) is 9.69 Å². The molecule has 27 heavy (non-hydrogen) atoms. The molecule has 2 saturated heterocycles. The maximum absolute atomic E-state index is 12.3. The number of hydrogen-bond acceptors (Lipinski definition) is 3. The van der Waals surface area contributed by atoms with Crippen LogP contribution in [-0.2, 0) is 17.9 Å². The maximum Gasteiger partial charge on any atom is 0.317 e. The smallest absolute Gasteiger partial charge is 0.317 e. The Bertz CT molecular complexity index is 624. The fraction of sp³-hybridized carbons (Fsp3) is 0.619. The zero-order chi connectivity index (χ0) is 19.1. The van der Waals surface area contributed by atoms with E-state index in [0.29, 0.717) is 26.1 Å². The van der Waals surface area contributed by atoms with E-state index in [1.54, 1.807) is 4.90 Å². The zero-order valence-corrected chi connectivity index (χ0v) is 16.0. The highest BCUT2D eigenvalue weighted by atomic mass is 16.4. The Balaban J connectivity index is 1.45. The summed E-state index contributed by atoms with van der Waals surface area (Å²) in [4.78, 5) is 27.6. The Morgan fingerprint density at radius 2 is 1.63 bits per heavy atom. The van der Waals surface area contributed by atoms with Crippen molar-refractivity contribution in [3.05, 3.63) is 35.4 Å². The number of urea groups is 1. The minimum atomic E-state index is -0.813. The number of piperidine rings is 1. The van der Waals surface area contributed by atoms with Crippen LogP contribution in [0.4, 0.5) is 4.79 Å². The normalized spacial score (nSPS) is 21.5. The molecular formula is C21H31N3O3. The van der Waals surface area contributed by atoms with Gasteiger partial charge in [0.15, 0.2) is 0 Å². The predicted molar refractivity (Wildman–Crippen MR) is 104 cm³/mol. The van der Waals surface area contributed by atoms with Crippen molar-refractivity contribution in [1.29, 1.82) is 0 Å². The molecule has 0 saturated carbocycles. The van der Waals surface area contributed by atoms with E-state index >= 15 is 0 Å². The lowest BCUT2D eigenvalue weighted by atomic mass is 9.99. The van der Waals surface area contributed by atoms with Gasteiger partial charge in [0.25, 0.3) is 0 Å². The first-order valence-corrected chi connectivity index (χ1v) is 10.2. The summed E-state index contributed by atoms with van der Waals surface area (Å²) in [7, 11) is 0. The van der Waals surface area contributed by atoms with Crippen molar-refractivity contribution in [1.82, 2.24) is 15.1 Å². The molecule has 1 atom stereocenters. The molecule has 1 aromatic carbocycles. The number of aliphatic carboxylic acids is 1.